The number of para-hydroxylation sites is 1. The lowest BCUT2D eigenvalue weighted by Crippen LogP contribution is -2.29. The lowest BCUT2D eigenvalue weighted by molar-refractivity contribution is -0.124. The van der Waals surface area contributed by atoms with E-state index in [-0.39, 0.29) is 29.6 Å². The number of rotatable bonds is 6. The van der Waals surface area contributed by atoms with Gasteiger partial charge in [0.25, 0.3) is 5.91 Å². The summed E-state index contributed by atoms with van der Waals surface area (Å²) in [7, 11) is 1.38. The van der Waals surface area contributed by atoms with E-state index < -0.39 is 5.97 Å². The Bertz CT molecular complexity index is 458. The quantitative estimate of drug-likeness (QED) is 0.753. The maximum Gasteiger partial charge on any atom is 0.342 e. The van der Waals surface area contributed by atoms with E-state index in [0.717, 1.165) is 6.42 Å². The fraction of sp³-hybridized carbons (Fsp3) is 0.385. The molecule has 19 heavy (non-hydrogen) atoms. The normalized spacial score (nSPS) is 9.79. The summed E-state index contributed by atoms with van der Waals surface area (Å²) >= 11 is 0. The smallest absolute Gasteiger partial charge is 0.342 e. The first-order valence-corrected chi connectivity index (χ1v) is 5.90. The first-order chi connectivity index (χ1) is 9.10. The van der Waals surface area contributed by atoms with Crippen LogP contribution >= 0.6 is 0 Å². The van der Waals surface area contributed by atoms with Gasteiger partial charge in [-0.15, -0.1) is 0 Å². The number of esters is 1. The van der Waals surface area contributed by atoms with Crippen LogP contribution in [0.5, 0.6) is 11.5 Å². The zero-order valence-corrected chi connectivity index (χ0v) is 10.9. The molecule has 0 fully saturated rings. The number of nitrogens with one attached hydrogen (secondary N) is 1. The van der Waals surface area contributed by atoms with Crippen molar-refractivity contribution >= 4 is 11.9 Å². The molecule has 0 bridgehead atoms. The minimum absolute atomic E-state index is 0.0392. The lowest BCUT2D eigenvalue weighted by Gasteiger charge is -2.09. The van der Waals surface area contributed by atoms with E-state index in [4.69, 9.17) is 9.47 Å². The monoisotopic (exact) mass is 267 g/mol. The van der Waals surface area contributed by atoms with E-state index in [2.05, 4.69) is 5.32 Å². The van der Waals surface area contributed by atoms with Crippen LogP contribution in [-0.2, 0) is 9.53 Å². The summed E-state index contributed by atoms with van der Waals surface area (Å²) in [5.41, 5.74) is -0.0392. The maximum atomic E-state index is 11.7. The van der Waals surface area contributed by atoms with E-state index in [1.807, 2.05) is 6.92 Å². The van der Waals surface area contributed by atoms with Crippen molar-refractivity contribution in [3.63, 3.8) is 0 Å². The van der Waals surface area contributed by atoms with Crippen molar-refractivity contribution < 1.29 is 24.2 Å². The molecule has 0 aliphatic heterocycles. The van der Waals surface area contributed by atoms with Gasteiger partial charge in [-0.2, -0.15) is 0 Å². The van der Waals surface area contributed by atoms with Crippen molar-refractivity contribution in [1.29, 1.82) is 0 Å². The molecule has 0 aromatic heterocycles. The Morgan fingerprint density at radius 1 is 1.37 bits per heavy atom. The number of aromatic hydroxyl groups is 1. The second-order valence-electron chi connectivity index (χ2n) is 3.78. The van der Waals surface area contributed by atoms with Gasteiger partial charge >= 0.3 is 5.97 Å². The van der Waals surface area contributed by atoms with Crippen molar-refractivity contribution in [2.24, 2.45) is 0 Å². The average molecular weight is 267 g/mol. The molecule has 2 N–H and O–H groups in total. The number of ether oxygens (including phenoxy) is 2. The van der Waals surface area contributed by atoms with Crippen molar-refractivity contribution in [2.45, 2.75) is 13.3 Å². The molecule has 1 amide bonds. The van der Waals surface area contributed by atoms with Gasteiger partial charge < -0.3 is 19.9 Å². The molecule has 1 aromatic rings. The molecule has 0 aliphatic carbocycles. The second-order valence-corrected chi connectivity index (χ2v) is 3.78. The Morgan fingerprint density at radius 3 is 2.74 bits per heavy atom. The van der Waals surface area contributed by atoms with Crippen molar-refractivity contribution in [2.75, 3.05) is 20.3 Å². The van der Waals surface area contributed by atoms with Gasteiger partial charge in [0.1, 0.15) is 5.56 Å². The van der Waals surface area contributed by atoms with Crippen molar-refractivity contribution in [1.82, 2.24) is 5.32 Å². The van der Waals surface area contributed by atoms with Crippen LogP contribution in [0.1, 0.15) is 23.7 Å². The summed E-state index contributed by atoms with van der Waals surface area (Å²) < 4.78 is 9.68. The minimum Gasteiger partial charge on any atom is -0.504 e. The van der Waals surface area contributed by atoms with Gasteiger partial charge in [-0.1, -0.05) is 13.0 Å². The van der Waals surface area contributed by atoms with E-state index in [9.17, 15) is 14.7 Å². The molecule has 1 rings (SSSR count). The predicted molar refractivity (Wildman–Crippen MR) is 68.2 cm³/mol. The van der Waals surface area contributed by atoms with E-state index in [0.29, 0.717) is 6.54 Å². The second kappa shape index (κ2) is 7.25. The van der Waals surface area contributed by atoms with E-state index in [1.54, 1.807) is 6.07 Å². The molecular weight excluding hydrogens is 250 g/mol. The molecule has 0 saturated carbocycles. The molecule has 6 heteroatoms. The number of phenols is 1. The first-order valence-electron chi connectivity index (χ1n) is 5.90. The summed E-state index contributed by atoms with van der Waals surface area (Å²) in [6.07, 6.45) is 0.802. The minimum atomic E-state index is -0.775. The molecule has 0 heterocycles. The molecule has 0 unspecified atom stereocenters. The van der Waals surface area contributed by atoms with E-state index in [1.165, 1.54) is 19.2 Å². The lowest BCUT2D eigenvalue weighted by atomic mass is 10.2. The SMILES string of the molecule is CCCNC(=O)COC(=O)c1cccc(OC)c1O. The molecule has 104 valence electrons. The van der Waals surface area contributed by atoms with Gasteiger partial charge in [-0.25, -0.2) is 4.79 Å². The average Bonchev–Trinajstić information content (AvgIpc) is 2.42. The largest absolute Gasteiger partial charge is 0.504 e. The Labute approximate surface area is 111 Å². The third-order valence-electron chi connectivity index (χ3n) is 2.35. The Balaban J connectivity index is 2.61. The molecule has 0 spiro atoms. The summed E-state index contributed by atoms with van der Waals surface area (Å²) in [6, 6.07) is 4.45. The van der Waals surface area contributed by atoms with E-state index >= 15 is 0 Å². The van der Waals surface area contributed by atoms with Crippen LogP contribution in [0.3, 0.4) is 0 Å². The highest BCUT2D eigenvalue weighted by Gasteiger charge is 2.17. The zero-order valence-electron chi connectivity index (χ0n) is 10.9. The zero-order chi connectivity index (χ0) is 14.3. The van der Waals surface area contributed by atoms with Gasteiger partial charge in [0.15, 0.2) is 18.1 Å². The number of hydrogen-bond acceptors (Lipinski definition) is 5. The molecule has 6 nitrogen and oxygen atoms in total. The number of hydrogen-bond donors (Lipinski definition) is 2. The fourth-order valence-corrected chi connectivity index (χ4v) is 1.38. The Morgan fingerprint density at radius 2 is 2.11 bits per heavy atom. The van der Waals surface area contributed by atoms with Crippen LogP contribution in [-0.4, -0.2) is 37.2 Å². The summed E-state index contributed by atoms with van der Waals surface area (Å²) in [5.74, 6) is -1.28. The van der Waals surface area contributed by atoms with Crippen LogP contribution in [0.2, 0.25) is 0 Å². The summed E-state index contributed by atoms with van der Waals surface area (Å²) in [6.45, 7) is 2.07. The van der Waals surface area contributed by atoms with Crippen LogP contribution in [0.4, 0.5) is 0 Å². The van der Waals surface area contributed by atoms with Gasteiger partial charge in [-0.3, -0.25) is 4.79 Å². The highest BCUT2D eigenvalue weighted by molar-refractivity contribution is 5.94. The number of carbonyl (C=O) groups excluding carboxylic acids is 2. The standard InChI is InChI=1S/C13H17NO5/c1-3-7-14-11(15)8-19-13(17)9-5-4-6-10(18-2)12(9)16/h4-6,16H,3,7-8H2,1-2H3,(H,14,15). The van der Waals surface area contributed by atoms with Crippen LogP contribution in [0.25, 0.3) is 0 Å². The fourth-order valence-electron chi connectivity index (χ4n) is 1.38. The Kier molecular flexibility index (Phi) is 5.66. The van der Waals surface area contributed by atoms with Crippen molar-refractivity contribution in [3.8, 4) is 11.5 Å². The highest BCUT2D eigenvalue weighted by atomic mass is 16.5. The molecule has 0 aliphatic rings. The summed E-state index contributed by atoms with van der Waals surface area (Å²) in [5, 5.41) is 12.3. The first kappa shape index (κ1) is 14.8. The number of phenolic OH excluding ortho intramolecular Hbond substituents is 1. The molecule has 0 atom stereocenters. The van der Waals surface area contributed by atoms with Gasteiger partial charge in [-0.05, 0) is 18.6 Å². The number of carbonyl (C=O) groups is 2. The number of amides is 1. The van der Waals surface area contributed by atoms with Gasteiger partial charge in [0, 0.05) is 6.54 Å². The van der Waals surface area contributed by atoms with Crippen LogP contribution in [0, 0.1) is 0 Å². The maximum absolute atomic E-state index is 11.7. The Hall–Kier alpha value is -2.24. The number of methoxy groups -OCH3 is 1. The van der Waals surface area contributed by atoms with Crippen LogP contribution < -0.4 is 10.1 Å². The third kappa shape index (κ3) is 4.17. The van der Waals surface area contributed by atoms with Gasteiger partial charge in [0.05, 0.1) is 7.11 Å². The summed E-state index contributed by atoms with van der Waals surface area (Å²) in [4.78, 5) is 23.0. The van der Waals surface area contributed by atoms with Gasteiger partial charge in [0.2, 0.25) is 0 Å². The van der Waals surface area contributed by atoms with Crippen LogP contribution in [0.15, 0.2) is 18.2 Å². The third-order valence-corrected chi connectivity index (χ3v) is 2.35. The highest BCUT2D eigenvalue weighted by Crippen LogP contribution is 2.29. The van der Waals surface area contributed by atoms with Crippen molar-refractivity contribution in [3.05, 3.63) is 23.8 Å². The molecule has 0 radical (unpaired) electrons. The predicted octanol–water partition coefficient (Wildman–Crippen LogP) is 1.08. The number of benzene rings is 1. The molecule has 1 aromatic carbocycles. The topological polar surface area (TPSA) is 84.9 Å². The molecule has 0 saturated heterocycles. The molecular formula is C13H17NO5.